The molecule has 2 aliphatic heterocycles. The maximum Gasteiger partial charge on any atom is 0.408 e. The lowest BCUT2D eigenvalue weighted by molar-refractivity contribution is 0.0497. The number of benzene rings is 1. The Morgan fingerprint density at radius 1 is 0.978 bits per heavy atom. The highest BCUT2D eigenvalue weighted by atomic mass is 16.6. The van der Waals surface area contributed by atoms with E-state index in [0.29, 0.717) is 17.7 Å². The quantitative estimate of drug-likeness (QED) is 0.125. The number of unbranched alkanes of at least 4 members (excludes halogenated alkanes) is 3. The first-order chi connectivity index (χ1) is 22.4. The Hall–Kier alpha value is -3.75. The molecule has 0 radical (unpaired) electrons. The number of hydrogen-bond donors (Lipinski definition) is 1. The Bertz CT molecular complexity index is 1300. The van der Waals surface area contributed by atoms with Gasteiger partial charge in [-0.3, -0.25) is 14.5 Å². The molecular formula is C38H52N4O4. The van der Waals surface area contributed by atoms with Crippen molar-refractivity contribution < 1.29 is 19.1 Å². The van der Waals surface area contributed by atoms with E-state index in [1.807, 2.05) is 44.2 Å². The lowest BCUT2D eigenvalue weighted by atomic mass is 9.97. The molecule has 4 rings (SSSR count). The first-order valence-corrected chi connectivity index (χ1v) is 17.1. The number of piperidine rings is 1. The van der Waals surface area contributed by atoms with Crippen molar-refractivity contribution in [3.8, 4) is 0 Å². The molecule has 1 fully saturated rings. The molecule has 1 aliphatic carbocycles. The van der Waals surface area contributed by atoms with Gasteiger partial charge in [-0.25, -0.2) is 4.79 Å². The van der Waals surface area contributed by atoms with Gasteiger partial charge in [0.2, 0.25) is 0 Å². The highest BCUT2D eigenvalue weighted by Gasteiger charge is 2.34. The van der Waals surface area contributed by atoms with Crippen molar-refractivity contribution >= 4 is 17.9 Å². The Labute approximate surface area is 275 Å². The minimum absolute atomic E-state index is 0.0568. The number of amides is 3. The van der Waals surface area contributed by atoms with Crippen molar-refractivity contribution in [2.24, 2.45) is 0 Å². The third-order valence-electron chi connectivity index (χ3n) is 9.02. The Kier molecular flexibility index (Phi) is 14.1. The van der Waals surface area contributed by atoms with Crippen LogP contribution in [0.3, 0.4) is 0 Å². The fourth-order valence-corrected chi connectivity index (χ4v) is 6.37. The van der Waals surface area contributed by atoms with Crippen LogP contribution in [0.15, 0.2) is 84.0 Å². The van der Waals surface area contributed by atoms with Crippen molar-refractivity contribution in [2.75, 3.05) is 46.3 Å². The smallest absolute Gasteiger partial charge is 0.408 e. The summed E-state index contributed by atoms with van der Waals surface area (Å²) in [7, 11) is 2.15. The number of fused-ring (bicyclic) bond motifs is 1. The summed E-state index contributed by atoms with van der Waals surface area (Å²) in [5.74, 6) is -0.329. The molecule has 8 heteroatoms. The molecule has 3 amide bonds. The normalized spacial score (nSPS) is 18.3. The molecule has 1 N–H and O–H groups in total. The predicted octanol–water partition coefficient (Wildman–Crippen LogP) is 6.69. The molecule has 0 aromatic heterocycles. The standard InChI is InChI=1S/C38H52N4O4/c1-4-17-30(5-2)35(31-18-9-6-7-10-19-31)39-38(45)46-32-22-28-41(29-23-32)26-14-8-13-24-40(3)25-15-16-27-42-36(43)33-20-11-12-21-34(33)37(42)44/h4-7,9,11-12,17-21,32,35H,8,10,13-16,22-29H2,1-3H3,(H,39,45)/b17-4-,30-5+. The van der Waals surface area contributed by atoms with Crippen LogP contribution in [0.5, 0.6) is 0 Å². The van der Waals surface area contributed by atoms with Crippen LogP contribution in [0, 0.1) is 0 Å². The molecule has 1 unspecified atom stereocenters. The van der Waals surface area contributed by atoms with E-state index in [1.165, 1.54) is 11.3 Å². The van der Waals surface area contributed by atoms with Crippen LogP contribution in [0.25, 0.3) is 0 Å². The first-order valence-electron chi connectivity index (χ1n) is 17.1. The largest absolute Gasteiger partial charge is 0.446 e. The van der Waals surface area contributed by atoms with E-state index in [0.717, 1.165) is 88.8 Å². The van der Waals surface area contributed by atoms with Crippen LogP contribution in [0.4, 0.5) is 4.79 Å². The van der Waals surface area contributed by atoms with Crippen LogP contribution in [0.2, 0.25) is 0 Å². The summed E-state index contributed by atoms with van der Waals surface area (Å²) in [6, 6.07) is 6.83. The second kappa shape index (κ2) is 18.4. The Balaban J connectivity index is 1.06. The van der Waals surface area contributed by atoms with Crippen LogP contribution < -0.4 is 5.32 Å². The second-order valence-corrected chi connectivity index (χ2v) is 12.4. The van der Waals surface area contributed by atoms with Gasteiger partial charge in [0, 0.05) is 19.6 Å². The fourth-order valence-electron chi connectivity index (χ4n) is 6.37. The number of alkyl carbamates (subject to hydrolysis) is 1. The van der Waals surface area contributed by atoms with Gasteiger partial charge in [-0.15, -0.1) is 0 Å². The number of carbonyl (C=O) groups is 3. The summed E-state index contributed by atoms with van der Waals surface area (Å²) < 4.78 is 5.89. The minimum atomic E-state index is -0.355. The Morgan fingerprint density at radius 2 is 1.65 bits per heavy atom. The monoisotopic (exact) mass is 628 g/mol. The lowest BCUT2D eigenvalue weighted by Gasteiger charge is -2.32. The van der Waals surface area contributed by atoms with Crippen LogP contribution >= 0.6 is 0 Å². The van der Waals surface area contributed by atoms with Crippen molar-refractivity contribution in [2.45, 2.75) is 77.4 Å². The van der Waals surface area contributed by atoms with E-state index in [1.54, 1.807) is 24.3 Å². The number of nitrogens with zero attached hydrogens (tertiary/aromatic N) is 3. The van der Waals surface area contributed by atoms with Gasteiger partial charge in [0.05, 0.1) is 17.2 Å². The summed E-state index contributed by atoms with van der Waals surface area (Å²) in [6.45, 7) is 9.45. The van der Waals surface area contributed by atoms with Gasteiger partial charge in [-0.1, -0.05) is 67.2 Å². The van der Waals surface area contributed by atoms with Crippen LogP contribution in [-0.4, -0.2) is 91.1 Å². The molecule has 2 heterocycles. The van der Waals surface area contributed by atoms with E-state index >= 15 is 0 Å². The van der Waals surface area contributed by atoms with Crippen molar-refractivity contribution in [3.63, 3.8) is 0 Å². The molecule has 0 bridgehead atoms. The summed E-state index contributed by atoms with van der Waals surface area (Å²) in [6.07, 6.45) is 23.8. The number of rotatable bonds is 16. The number of carbonyl (C=O) groups excluding carboxylic acids is 3. The second-order valence-electron chi connectivity index (χ2n) is 12.4. The molecular weight excluding hydrogens is 576 g/mol. The van der Waals surface area contributed by atoms with Gasteiger partial charge in [0.1, 0.15) is 6.10 Å². The van der Waals surface area contributed by atoms with E-state index in [-0.39, 0.29) is 30.1 Å². The zero-order chi connectivity index (χ0) is 32.7. The van der Waals surface area contributed by atoms with Gasteiger partial charge >= 0.3 is 6.09 Å². The summed E-state index contributed by atoms with van der Waals surface area (Å²) >= 11 is 0. The molecule has 46 heavy (non-hydrogen) atoms. The molecule has 1 atom stereocenters. The van der Waals surface area contributed by atoms with E-state index < -0.39 is 0 Å². The average molecular weight is 629 g/mol. The zero-order valence-corrected chi connectivity index (χ0v) is 28.0. The molecule has 3 aliphatic rings. The van der Waals surface area contributed by atoms with Gasteiger partial charge in [0.15, 0.2) is 0 Å². The molecule has 248 valence electrons. The number of imide groups is 1. The summed E-state index contributed by atoms with van der Waals surface area (Å²) in [5, 5.41) is 3.13. The van der Waals surface area contributed by atoms with Crippen molar-refractivity contribution in [3.05, 3.63) is 95.1 Å². The molecule has 0 saturated carbocycles. The van der Waals surface area contributed by atoms with Crippen molar-refractivity contribution in [1.29, 1.82) is 0 Å². The van der Waals surface area contributed by atoms with Crippen molar-refractivity contribution in [1.82, 2.24) is 20.0 Å². The molecule has 1 aromatic rings. The zero-order valence-electron chi connectivity index (χ0n) is 28.0. The molecule has 0 spiro atoms. The maximum absolute atomic E-state index is 13.0. The molecule has 1 saturated heterocycles. The van der Waals surface area contributed by atoms with Gasteiger partial charge in [-0.2, -0.15) is 0 Å². The number of likely N-dealkylation sites (tertiary alicyclic amines) is 1. The maximum atomic E-state index is 13.0. The van der Waals surface area contributed by atoms with Gasteiger partial charge in [0.25, 0.3) is 11.8 Å². The summed E-state index contributed by atoms with van der Waals surface area (Å²) in [4.78, 5) is 44.2. The highest BCUT2D eigenvalue weighted by molar-refractivity contribution is 6.21. The fraction of sp³-hybridized carbons (Fsp3) is 0.500. The predicted molar refractivity (Wildman–Crippen MR) is 185 cm³/mol. The number of ether oxygens (including phenoxy) is 1. The Morgan fingerprint density at radius 3 is 2.33 bits per heavy atom. The van der Waals surface area contributed by atoms with Crippen LogP contribution in [-0.2, 0) is 4.74 Å². The van der Waals surface area contributed by atoms with Crippen LogP contribution in [0.1, 0.15) is 85.9 Å². The number of allylic oxidation sites excluding steroid dienone is 6. The average Bonchev–Trinajstić information content (AvgIpc) is 3.22. The lowest BCUT2D eigenvalue weighted by Crippen LogP contribution is -2.42. The van der Waals surface area contributed by atoms with E-state index in [9.17, 15) is 14.4 Å². The number of nitrogens with one attached hydrogen (secondary N) is 1. The third kappa shape index (κ3) is 10.1. The highest BCUT2D eigenvalue weighted by Crippen LogP contribution is 2.23. The first kappa shape index (κ1) is 35.1. The minimum Gasteiger partial charge on any atom is -0.446 e. The third-order valence-corrected chi connectivity index (χ3v) is 9.02. The topological polar surface area (TPSA) is 82.2 Å². The molecule has 1 aromatic carbocycles. The summed E-state index contributed by atoms with van der Waals surface area (Å²) in [5.41, 5.74) is 3.15. The number of hydrogen-bond acceptors (Lipinski definition) is 6. The van der Waals surface area contributed by atoms with E-state index in [2.05, 4.69) is 40.4 Å². The molecule has 8 nitrogen and oxygen atoms in total. The van der Waals surface area contributed by atoms with Gasteiger partial charge < -0.3 is 19.9 Å². The SMILES string of the molecule is C/C=C\C(=C/C)C(NC(=O)OC1CCN(CCCCCN(C)CCCCN2C(=O)c3ccccc3C2=O)CC1)C1=CCC=CC=C1. The van der Waals surface area contributed by atoms with Gasteiger partial charge in [-0.05, 0) is 109 Å². The van der Waals surface area contributed by atoms with E-state index in [4.69, 9.17) is 4.74 Å².